The summed E-state index contributed by atoms with van der Waals surface area (Å²) in [6.07, 6.45) is 0.684. The van der Waals surface area contributed by atoms with Crippen LogP contribution in [0.15, 0.2) is 24.3 Å². The van der Waals surface area contributed by atoms with E-state index in [0.717, 1.165) is 11.3 Å². The van der Waals surface area contributed by atoms with Crippen LogP contribution in [0.1, 0.15) is 25.3 Å². The van der Waals surface area contributed by atoms with Gasteiger partial charge in [-0.1, -0.05) is 17.7 Å². The number of sulfone groups is 1. The number of carbonyl (C=O) groups excluding carboxylic acids is 1. The summed E-state index contributed by atoms with van der Waals surface area (Å²) in [7, 11) is -3.01. The first-order chi connectivity index (χ1) is 9.78. The molecule has 0 saturated carbocycles. The predicted octanol–water partition coefficient (Wildman–Crippen LogP) is 1.46. The summed E-state index contributed by atoms with van der Waals surface area (Å²) < 4.78 is 28.4. The molecule has 1 aliphatic rings. The van der Waals surface area contributed by atoms with Gasteiger partial charge in [0.15, 0.2) is 9.84 Å². The molecule has 1 atom stereocenters. The zero-order valence-corrected chi connectivity index (χ0v) is 13.2. The number of ether oxygens (including phenoxy) is 1. The number of hydrogen-bond acceptors (Lipinski definition) is 4. The summed E-state index contributed by atoms with van der Waals surface area (Å²) in [5.41, 5.74) is 0.509. The van der Waals surface area contributed by atoms with Crippen molar-refractivity contribution in [2.75, 3.05) is 18.1 Å². The van der Waals surface area contributed by atoms with Gasteiger partial charge < -0.3 is 10.1 Å². The van der Waals surface area contributed by atoms with Gasteiger partial charge in [-0.05, 0) is 32.4 Å². The van der Waals surface area contributed by atoms with Gasteiger partial charge in [-0.25, -0.2) is 8.42 Å². The van der Waals surface area contributed by atoms with E-state index < -0.39 is 15.4 Å². The molecular weight excluding hydrogens is 290 g/mol. The molecule has 21 heavy (non-hydrogen) atoms. The van der Waals surface area contributed by atoms with Crippen LogP contribution in [0.5, 0.6) is 5.75 Å². The van der Waals surface area contributed by atoms with Crippen LogP contribution in [0.3, 0.4) is 0 Å². The Balaban J connectivity index is 1.76. The van der Waals surface area contributed by atoms with Crippen molar-refractivity contribution in [1.29, 1.82) is 0 Å². The lowest BCUT2D eigenvalue weighted by atomic mass is 10.0. The Labute approximate surface area is 125 Å². The highest BCUT2D eigenvalue weighted by molar-refractivity contribution is 7.91. The van der Waals surface area contributed by atoms with Gasteiger partial charge in [-0.2, -0.15) is 0 Å². The van der Waals surface area contributed by atoms with E-state index in [-0.39, 0.29) is 30.4 Å². The monoisotopic (exact) mass is 311 g/mol. The Kier molecular flexibility index (Phi) is 4.56. The Morgan fingerprint density at radius 2 is 2.00 bits per heavy atom. The van der Waals surface area contributed by atoms with Gasteiger partial charge in [0.1, 0.15) is 5.75 Å². The lowest BCUT2D eigenvalue weighted by molar-refractivity contribution is -0.123. The van der Waals surface area contributed by atoms with E-state index in [1.165, 1.54) is 0 Å². The van der Waals surface area contributed by atoms with Crippen molar-refractivity contribution in [3.63, 3.8) is 0 Å². The second-order valence-corrected chi connectivity index (χ2v) is 8.05. The molecule has 1 amide bonds. The molecule has 6 heteroatoms. The predicted molar refractivity (Wildman–Crippen MR) is 81.1 cm³/mol. The molecule has 1 N–H and O–H groups in total. The van der Waals surface area contributed by atoms with Gasteiger partial charge in [0.25, 0.3) is 0 Å². The number of benzene rings is 1. The van der Waals surface area contributed by atoms with Crippen LogP contribution >= 0.6 is 0 Å². The number of rotatable bonds is 5. The highest BCUT2D eigenvalue weighted by atomic mass is 32.2. The van der Waals surface area contributed by atoms with Crippen LogP contribution in [-0.2, 0) is 14.6 Å². The SMILES string of the molecule is Cc1ccc(OCCC(=O)N[C@@]2(C)CCS(=O)(=O)C2)cc1. The lowest BCUT2D eigenvalue weighted by Gasteiger charge is -2.23. The minimum Gasteiger partial charge on any atom is -0.493 e. The summed E-state index contributed by atoms with van der Waals surface area (Å²) in [5, 5.41) is 2.81. The molecule has 0 bridgehead atoms. The van der Waals surface area contributed by atoms with Gasteiger partial charge in [-0.15, -0.1) is 0 Å². The standard InChI is InChI=1S/C15H21NO4S/c1-12-3-5-13(6-4-12)20-9-7-14(17)16-15(2)8-10-21(18,19)11-15/h3-6H,7-11H2,1-2H3,(H,16,17)/t15-/m0/s1. The normalized spacial score (nSPS) is 23.7. The fraction of sp³-hybridized carbons (Fsp3) is 0.533. The molecule has 1 fully saturated rings. The number of aryl methyl sites for hydroxylation is 1. The quantitative estimate of drug-likeness (QED) is 0.893. The minimum atomic E-state index is -3.01. The zero-order chi connectivity index (χ0) is 15.5. The van der Waals surface area contributed by atoms with Crippen LogP contribution in [0.25, 0.3) is 0 Å². The maximum Gasteiger partial charge on any atom is 0.223 e. The van der Waals surface area contributed by atoms with Crippen molar-refractivity contribution < 1.29 is 17.9 Å². The first-order valence-corrected chi connectivity index (χ1v) is 8.81. The van der Waals surface area contributed by atoms with Crippen molar-refractivity contribution in [3.05, 3.63) is 29.8 Å². The van der Waals surface area contributed by atoms with Crippen LogP contribution in [-0.4, -0.2) is 38.0 Å². The fourth-order valence-electron chi connectivity index (χ4n) is 2.40. The molecule has 0 aromatic heterocycles. The average molecular weight is 311 g/mol. The third-order valence-electron chi connectivity index (χ3n) is 3.56. The van der Waals surface area contributed by atoms with Gasteiger partial charge in [0.2, 0.25) is 5.91 Å². The second kappa shape index (κ2) is 6.05. The summed E-state index contributed by atoms with van der Waals surface area (Å²) >= 11 is 0. The van der Waals surface area contributed by atoms with E-state index in [4.69, 9.17) is 4.74 Å². The summed E-state index contributed by atoms with van der Waals surface area (Å²) in [6, 6.07) is 7.61. The van der Waals surface area contributed by atoms with Crippen molar-refractivity contribution in [2.45, 2.75) is 32.2 Å². The Hall–Kier alpha value is -1.56. The largest absolute Gasteiger partial charge is 0.493 e. The summed E-state index contributed by atoms with van der Waals surface area (Å²) in [4.78, 5) is 11.9. The molecule has 1 aliphatic heterocycles. The highest BCUT2D eigenvalue weighted by Crippen LogP contribution is 2.22. The molecule has 0 unspecified atom stereocenters. The summed E-state index contributed by atoms with van der Waals surface area (Å²) in [5.74, 6) is 0.707. The molecule has 0 radical (unpaired) electrons. The number of carbonyl (C=O) groups is 1. The highest BCUT2D eigenvalue weighted by Gasteiger charge is 2.39. The minimum absolute atomic E-state index is 0.0184. The van der Waals surface area contributed by atoms with Gasteiger partial charge >= 0.3 is 0 Å². The Bertz CT molecular complexity index is 609. The van der Waals surface area contributed by atoms with E-state index in [2.05, 4.69) is 5.32 Å². The molecule has 1 heterocycles. The second-order valence-electron chi connectivity index (χ2n) is 5.86. The number of hydrogen-bond donors (Lipinski definition) is 1. The Morgan fingerprint density at radius 3 is 2.57 bits per heavy atom. The molecule has 0 spiro atoms. The van der Waals surface area contributed by atoms with E-state index in [1.807, 2.05) is 31.2 Å². The van der Waals surface area contributed by atoms with Crippen LogP contribution in [0.4, 0.5) is 0 Å². The summed E-state index contributed by atoms with van der Waals surface area (Å²) in [6.45, 7) is 4.04. The van der Waals surface area contributed by atoms with Crippen molar-refractivity contribution >= 4 is 15.7 Å². The molecule has 116 valence electrons. The van der Waals surface area contributed by atoms with Gasteiger partial charge in [0, 0.05) is 0 Å². The molecule has 1 saturated heterocycles. The maximum atomic E-state index is 11.9. The first-order valence-electron chi connectivity index (χ1n) is 6.99. The molecule has 2 rings (SSSR count). The van der Waals surface area contributed by atoms with Gasteiger partial charge in [0.05, 0.1) is 30.1 Å². The molecule has 5 nitrogen and oxygen atoms in total. The fourth-order valence-corrected chi connectivity index (χ4v) is 4.50. The molecule has 1 aromatic carbocycles. The molecular formula is C15H21NO4S. The first kappa shape index (κ1) is 15.8. The lowest BCUT2D eigenvalue weighted by Crippen LogP contribution is -2.47. The van der Waals surface area contributed by atoms with E-state index in [0.29, 0.717) is 6.42 Å². The van der Waals surface area contributed by atoms with Crippen molar-refractivity contribution in [3.8, 4) is 5.75 Å². The van der Waals surface area contributed by atoms with Crippen LogP contribution in [0, 0.1) is 6.92 Å². The Morgan fingerprint density at radius 1 is 1.33 bits per heavy atom. The average Bonchev–Trinajstić information content (AvgIpc) is 2.65. The van der Waals surface area contributed by atoms with Crippen LogP contribution < -0.4 is 10.1 Å². The third kappa shape index (κ3) is 4.74. The third-order valence-corrected chi connectivity index (χ3v) is 5.47. The van der Waals surface area contributed by atoms with Crippen molar-refractivity contribution in [2.24, 2.45) is 0 Å². The topological polar surface area (TPSA) is 72.5 Å². The number of nitrogens with one attached hydrogen (secondary N) is 1. The van der Waals surface area contributed by atoms with E-state index >= 15 is 0 Å². The smallest absolute Gasteiger partial charge is 0.223 e. The van der Waals surface area contributed by atoms with Crippen LogP contribution in [0.2, 0.25) is 0 Å². The van der Waals surface area contributed by atoms with E-state index in [9.17, 15) is 13.2 Å². The van der Waals surface area contributed by atoms with Gasteiger partial charge in [-0.3, -0.25) is 4.79 Å². The maximum absolute atomic E-state index is 11.9. The molecule has 1 aromatic rings. The number of amides is 1. The van der Waals surface area contributed by atoms with E-state index in [1.54, 1.807) is 6.92 Å². The van der Waals surface area contributed by atoms with Crippen molar-refractivity contribution in [1.82, 2.24) is 5.32 Å². The molecule has 0 aliphatic carbocycles. The zero-order valence-electron chi connectivity index (χ0n) is 12.4.